The Bertz CT molecular complexity index is 1240. The number of amides is 2. The number of hydrogen-bond acceptors (Lipinski definition) is 5. The Morgan fingerprint density at radius 2 is 1.71 bits per heavy atom. The van der Waals surface area contributed by atoms with Crippen LogP contribution in [0.15, 0.2) is 18.2 Å². The van der Waals surface area contributed by atoms with Gasteiger partial charge in [-0.3, -0.25) is 4.79 Å². The molecule has 11 atom stereocenters. The highest BCUT2D eigenvalue weighted by molar-refractivity contribution is 6.34. The van der Waals surface area contributed by atoms with Gasteiger partial charge in [-0.2, -0.15) is 0 Å². The maximum Gasteiger partial charge on any atom is 0.407 e. The molecule has 7 nitrogen and oxygen atoms in total. The number of nitrogens with one attached hydrogen (secondary N) is 1. The third kappa shape index (κ3) is 6.62. The number of benzene rings is 1. The third-order valence-electron chi connectivity index (χ3n) is 13.4. The van der Waals surface area contributed by atoms with Gasteiger partial charge < -0.3 is 25.2 Å². The molecule has 9 heteroatoms. The molecule has 0 spiro atoms. The van der Waals surface area contributed by atoms with Crippen molar-refractivity contribution in [2.75, 3.05) is 13.1 Å². The first-order chi connectivity index (χ1) is 21.4. The number of fused-ring (bicyclic) bond motifs is 5. The summed E-state index contributed by atoms with van der Waals surface area (Å²) in [5.41, 5.74) is 1.17. The number of halogens is 2. The molecule has 45 heavy (non-hydrogen) atoms. The molecule has 0 radical (unpaired) electrons. The SMILES string of the molecule is C[C@H](CCC(=O)N1CC[C@@H](NC(=O)OCc2cc(Cl)cc(Cl)c2)C1)[C@H]1CC[C@H]2[C@@H]3[C@@H](O)C[C@@H]4C[C@H](O)CC[C@]4(C)[C@H]3CC[C@]12C. The van der Waals surface area contributed by atoms with Crippen LogP contribution in [0.4, 0.5) is 4.79 Å². The fraction of sp³-hybridized carbons (Fsp3) is 0.778. The number of carbonyl (C=O) groups is 2. The van der Waals surface area contributed by atoms with E-state index in [0.717, 1.165) is 37.7 Å². The van der Waals surface area contributed by atoms with Crippen LogP contribution in [0.2, 0.25) is 10.0 Å². The lowest BCUT2D eigenvalue weighted by Gasteiger charge is -2.62. The number of likely N-dealkylation sites (tertiary alicyclic amines) is 1. The highest BCUT2D eigenvalue weighted by atomic mass is 35.5. The normalized spacial score (nSPS) is 39.8. The Morgan fingerprint density at radius 3 is 2.47 bits per heavy atom. The van der Waals surface area contributed by atoms with E-state index in [1.807, 2.05) is 4.90 Å². The summed E-state index contributed by atoms with van der Waals surface area (Å²) in [7, 11) is 0. The topological polar surface area (TPSA) is 99.1 Å². The number of rotatable bonds is 7. The van der Waals surface area contributed by atoms with Crippen LogP contribution in [0, 0.1) is 46.3 Å². The van der Waals surface area contributed by atoms with Gasteiger partial charge in [-0.25, -0.2) is 4.79 Å². The number of nitrogens with zero attached hydrogens (tertiary/aromatic N) is 1. The molecule has 250 valence electrons. The lowest BCUT2D eigenvalue weighted by atomic mass is 9.43. The van der Waals surface area contributed by atoms with Crippen molar-refractivity contribution in [1.82, 2.24) is 10.2 Å². The van der Waals surface area contributed by atoms with E-state index in [4.69, 9.17) is 27.9 Å². The van der Waals surface area contributed by atoms with E-state index in [1.165, 1.54) is 25.7 Å². The van der Waals surface area contributed by atoms with E-state index >= 15 is 0 Å². The lowest BCUT2D eigenvalue weighted by Crippen LogP contribution is -2.58. The monoisotopic (exact) mass is 662 g/mol. The minimum absolute atomic E-state index is 0.0741. The van der Waals surface area contributed by atoms with Crippen molar-refractivity contribution < 1.29 is 24.5 Å². The molecule has 0 aromatic heterocycles. The minimum atomic E-state index is -0.508. The van der Waals surface area contributed by atoms with Crippen LogP contribution in [-0.2, 0) is 16.1 Å². The summed E-state index contributed by atoms with van der Waals surface area (Å²) < 4.78 is 5.36. The fourth-order valence-electron chi connectivity index (χ4n) is 11.0. The van der Waals surface area contributed by atoms with Gasteiger partial charge in [0.25, 0.3) is 0 Å². The second-order valence-electron chi connectivity index (χ2n) is 15.8. The molecule has 0 unspecified atom stereocenters. The van der Waals surface area contributed by atoms with Crippen LogP contribution in [-0.4, -0.2) is 58.5 Å². The molecular formula is C36H52Cl2N2O5. The molecule has 1 saturated heterocycles. The van der Waals surface area contributed by atoms with E-state index in [0.29, 0.717) is 71.5 Å². The van der Waals surface area contributed by atoms with Gasteiger partial charge in [0.05, 0.1) is 18.2 Å². The maximum atomic E-state index is 13.3. The Morgan fingerprint density at radius 1 is 1.00 bits per heavy atom. The predicted molar refractivity (Wildman–Crippen MR) is 176 cm³/mol. The number of aliphatic hydroxyl groups excluding tert-OH is 2. The first-order valence-corrected chi connectivity index (χ1v) is 18.1. The molecule has 0 bridgehead atoms. The first kappa shape index (κ1) is 33.4. The summed E-state index contributed by atoms with van der Waals surface area (Å²) in [6.07, 6.45) is 9.58. The Labute approximate surface area is 278 Å². The molecule has 1 aromatic rings. The first-order valence-electron chi connectivity index (χ1n) is 17.4. The predicted octanol–water partition coefficient (Wildman–Crippen LogP) is 7.23. The highest BCUT2D eigenvalue weighted by Crippen LogP contribution is 2.68. The summed E-state index contributed by atoms with van der Waals surface area (Å²) in [6.45, 7) is 8.52. The lowest BCUT2D eigenvalue weighted by molar-refractivity contribution is -0.174. The quantitative estimate of drug-likeness (QED) is 0.286. The van der Waals surface area contributed by atoms with E-state index in [9.17, 15) is 19.8 Å². The van der Waals surface area contributed by atoms with Gasteiger partial charge in [0, 0.05) is 29.6 Å². The number of aliphatic hydroxyl groups is 2. The summed E-state index contributed by atoms with van der Waals surface area (Å²) in [4.78, 5) is 27.6. The van der Waals surface area contributed by atoms with Crippen molar-refractivity contribution in [3.05, 3.63) is 33.8 Å². The van der Waals surface area contributed by atoms with Gasteiger partial charge in [-0.1, -0.05) is 44.0 Å². The van der Waals surface area contributed by atoms with Gasteiger partial charge in [0.1, 0.15) is 6.61 Å². The van der Waals surface area contributed by atoms with Crippen molar-refractivity contribution in [2.45, 2.75) is 116 Å². The summed E-state index contributed by atoms with van der Waals surface area (Å²) in [6, 6.07) is 4.94. The number of ether oxygens (including phenoxy) is 1. The van der Waals surface area contributed by atoms with Crippen LogP contribution in [0.3, 0.4) is 0 Å². The minimum Gasteiger partial charge on any atom is -0.445 e. The molecule has 1 aliphatic heterocycles. The average molecular weight is 664 g/mol. The fourth-order valence-corrected chi connectivity index (χ4v) is 11.6. The molecule has 6 rings (SSSR count). The van der Waals surface area contributed by atoms with E-state index in [-0.39, 0.29) is 41.6 Å². The van der Waals surface area contributed by atoms with Gasteiger partial charge in [-0.15, -0.1) is 0 Å². The summed E-state index contributed by atoms with van der Waals surface area (Å²) >= 11 is 12.1. The number of carbonyl (C=O) groups excluding carboxylic acids is 2. The van der Waals surface area contributed by atoms with E-state index in [1.54, 1.807) is 18.2 Å². The van der Waals surface area contributed by atoms with Crippen molar-refractivity contribution in [3.8, 4) is 0 Å². The van der Waals surface area contributed by atoms with Crippen LogP contribution >= 0.6 is 23.2 Å². The van der Waals surface area contributed by atoms with Crippen LogP contribution < -0.4 is 5.32 Å². The maximum absolute atomic E-state index is 13.3. The largest absolute Gasteiger partial charge is 0.445 e. The van der Waals surface area contributed by atoms with Crippen molar-refractivity contribution in [1.29, 1.82) is 0 Å². The summed E-state index contributed by atoms with van der Waals surface area (Å²) in [5, 5.41) is 25.8. The Kier molecular flexibility index (Phi) is 9.76. The second kappa shape index (κ2) is 13.2. The molecule has 1 aromatic carbocycles. The number of alkyl carbamates (subject to hydrolysis) is 1. The summed E-state index contributed by atoms with van der Waals surface area (Å²) in [5.74, 6) is 3.07. The van der Waals surface area contributed by atoms with Gasteiger partial charge in [-0.05, 0) is 134 Å². The molecule has 3 N–H and O–H groups in total. The van der Waals surface area contributed by atoms with E-state index < -0.39 is 6.09 Å². The standard InChI is InChI=1S/C36H52Cl2N2O5/c1-21(4-7-32(43)40-13-10-26(19-40)39-34(44)45-20-22-14-24(37)18-25(38)15-22)28-5-6-29-33-30(9-12-36(28,29)3)35(2)11-8-27(41)16-23(35)17-31(33)42/h14-15,18,21,23,26-31,33,41-42H,4-13,16-17,19-20H2,1-3H3,(H,39,44)/t21-,23+,26-,27-,28-,29+,30+,31+,33+,35+,36-/m1/s1. The molecule has 5 fully saturated rings. The van der Waals surface area contributed by atoms with Crippen LogP contribution in [0.25, 0.3) is 0 Å². The molecule has 2 amide bonds. The Balaban J connectivity index is 0.980. The van der Waals surface area contributed by atoms with Crippen molar-refractivity contribution >= 4 is 35.2 Å². The smallest absolute Gasteiger partial charge is 0.407 e. The third-order valence-corrected chi connectivity index (χ3v) is 13.8. The molecular weight excluding hydrogens is 611 g/mol. The zero-order valence-electron chi connectivity index (χ0n) is 27.2. The second-order valence-corrected chi connectivity index (χ2v) is 16.7. The average Bonchev–Trinajstić information content (AvgIpc) is 3.59. The van der Waals surface area contributed by atoms with Gasteiger partial charge in [0.2, 0.25) is 5.91 Å². The molecule has 5 aliphatic rings. The van der Waals surface area contributed by atoms with Gasteiger partial charge in [0.15, 0.2) is 0 Å². The molecule has 1 heterocycles. The zero-order valence-corrected chi connectivity index (χ0v) is 28.7. The van der Waals surface area contributed by atoms with Crippen LogP contribution in [0.1, 0.15) is 97.0 Å². The van der Waals surface area contributed by atoms with Crippen molar-refractivity contribution in [3.63, 3.8) is 0 Å². The molecule has 4 saturated carbocycles. The van der Waals surface area contributed by atoms with E-state index in [2.05, 4.69) is 26.1 Å². The highest BCUT2D eigenvalue weighted by Gasteiger charge is 2.62. The number of hydrogen-bond donors (Lipinski definition) is 3. The Hall–Kier alpha value is -1.54. The van der Waals surface area contributed by atoms with Gasteiger partial charge >= 0.3 is 6.09 Å². The van der Waals surface area contributed by atoms with Crippen molar-refractivity contribution in [2.24, 2.45) is 46.3 Å². The molecule has 4 aliphatic carbocycles. The van der Waals surface area contributed by atoms with Crippen LogP contribution in [0.5, 0.6) is 0 Å². The zero-order chi connectivity index (χ0) is 32.1.